The molecule has 2 N–H and O–H groups in total. The zero-order valence-corrected chi connectivity index (χ0v) is 8.72. The zero-order chi connectivity index (χ0) is 9.97. The van der Waals surface area contributed by atoms with Gasteiger partial charge in [0, 0.05) is 17.1 Å². The number of nitrogens with one attached hydrogen (secondary N) is 2. The fourth-order valence-corrected chi connectivity index (χ4v) is 1.77. The molecule has 0 radical (unpaired) electrons. The van der Waals surface area contributed by atoms with E-state index in [1.54, 1.807) is 0 Å². The highest BCUT2D eigenvalue weighted by molar-refractivity contribution is 5.83. The van der Waals surface area contributed by atoms with Crippen molar-refractivity contribution in [2.24, 2.45) is 0 Å². The van der Waals surface area contributed by atoms with Crippen LogP contribution < -0.4 is 5.32 Å². The van der Waals surface area contributed by atoms with Crippen LogP contribution in [-0.4, -0.2) is 18.6 Å². The third-order valence-corrected chi connectivity index (χ3v) is 2.57. The van der Waals surface area contributed by atoms with E-state index in [1.165, 1.54) is 22.0 Å². The third-order valence-electron chi connectivity index (χ3n) is 2.57. The maximum Gasteiger partial charge on any atom is 0.0459 e. The Morgan fingerprint density at radius 3 is 3.00 bits per heavy atom. The van der Waals surface area contributed by atoms with Gasteiger partial charge >= 0.3 is 0 Å². The second-order valence-electron chi connectivity index (χ2n) is 3.72. The van der Waals surface area contributed by atoms with Crippen molar-refractivity contribution in [3.8, 4) is 0 Å². The van der Waals surface area contributed by atoms with Crippen molar-refractivity contribution in [2.75, 3.05) is 13.6 Å². The molecule has 0 bridgehead atoms. The summed E-state index contributed by atoms with van der Waals surface area (Å²) in [6.45, 7) is 3.15. The lowest BCUT2D eigenvalue weighted by Crippen LogP contribution is -2.09. The Labute approximate surface area is 84.3 Å². The molecule has 1 heterocycles. The van der Waals surface area contributed by atoms with Gasteiger partial charge in [0.1, 0.15) is 0 Å². The van der Waals surface area contributed by atoms with Gasteiger partial charge in [0.05, 0.1) is 0 Å². The number of hydrogen-bond donors (Lipinski definition) is 2. The van der Waals surface area contributed by atoms with E-state index in [2.05, 4.69) is 41.6 Å². The summed E-state index contributed by atoms with van der Waals surface area (Å²) in [4.78, 5) is 3.31. The quantitative estimate of drug-likeness (QED) is 0.759. The summed E-state index contributed by atoms with van der Waals surface area (Å²) in [5.41, 5.74) is 3.95. The van der Waals surface area contributed by atoms with Crippen LogP contribution in [0.25, 0.3) is 10.9 Å². The molecule has 0 fully saturated rings. The Kier molecular flexibility index (Phi) is 2.55. The first kappa shape index (κ1) is 9.28. The molecule has 0 aliphatic heterocycles. The highest BCUT2D eigenvalue weighted by Gasteiger charge is 2.02. The van der Waals surface area contributed by atoms with Crippen LogP contribution in [0.4, 0.5) is 0 Å². The van der Waals surface area contributed by atoms with Gasteiger partial charge in [0.15, 0.2) is 0 Å². The number of rotatable bonds is 3. The average Bonchev–Trinajstić information content (AvgIpc) is 2.57. The molecular weight excluding hydrogens is 172 g/mol. The van der Waals surface area contributed by atoms with Crippen molar-refractivity contribution >= 4 is 10.9 Å². The number of fused-ring (bicyclic) bond motifs is 1. The third kappa shape index (κ3) is 1.66. The van der Waals surface area contributed by atoms with Gasteiger partial charge in [0.25, 0.3) is 0 Å². The van der Waals surface area contributed by atoms with Crippen molar-refractivity contribution in [1.29, 1.82) is 0 Å². The lowest BCUT2D eigenvalue weighted by atomic mass is 10.1. The van der Waals surface area contributed by atoms with Gasteiger partial charge in [-0.1, -0.05) is 12.1 Å². The molecule has 0 atom stereocenters. The van der Waals surface area contributed by atoms with Crippen molar-refractivity contribution in [2.45, 2.75) is 13.3 Å². The smallest absolute Gasteiger partial charge is 0.0459 e. The number of aromatic amines is 1. The van der Waals surface area contributed by atoms with E-state index >= 15 is 0 Å². The normalized spacial score (nSPS) is 11.0. The first-order chi connectivity index (χ1) is 6.81. The molecule has 0 unspecified atom stereocenters. The number of H-pyrrole nitrogens is 1. The predicted octanol–water partition coefficient (Wildman–Crippen LogP) is 2.24. The second-order valence-corrected chi connectivity index (χ2v) is 3.72. The molecule has 2 aromatic rings. The number of benzene rings is 1. The van der Waals surface area contributed by atoms with Crippen LogP contribution in [0.15, 0.2) is 24.4 Å². The maximum atomic E-state index is 3.31. The zero-order valence-electron chi connectivity index (χ0n) is 8.72. The number of aromatic nitrogens is 1. The molecule has 74 valence electrons. The van der Waals surface area contributed by atoms with E-state index in [1.807, 2.05) is 7.05 Å². The van der Waals surface area contributed by atoms with E-state index in [0.717, 1.165) is 13.0 Å². The van der Waals surface area contributed by atoms with E-state index in [-0.39, 0.29) is 0 Å². The molecule has 2 nitrogen and oxygen atoms in total. The van der Waals surface area contributed by atoms with Gasteiger partial charge in [-0.2, -0.15) is 0 Å². The number of hydrogen-bond acceptors (Lipinski definition) is 1. The standard InChI is InChI=1S/C12H16N2/c1-9-3-4-11-10(5-6-13-2)8-14-12(11)7-9/h3-4,7-8,13-14H,5-6H2,1-2H3. The van der Waals surface area contributed by atoms with E-state index in [9.17, 15) is 0 Å². The largest absolute Gasteiger partial charge is 0.361 e. The SMILES string of the molecule is CNCCc1c[nH]c2cc(C)ccc12. The summed E-state index contributed by atoms with van der Waals surface area (Å²) in [5, 5.41) is 4.52. The summed E-state index contributed by atoms with van der Waals surface area (Å²) in [6.07, 6.45) is 3.20. The van der Waals surface area contributed by atoms with Crippen molar-refractivity contribution in [3.05, 3.63) is 35.5 Å². The Hall–Kier alpha value is -1.28. The molecule has 1 aromatic heterocycles. The van der Waals surface area contributed by atoms with Crippen molar-refractivity contribution < 1.29 is 0 Å². The van der Waals surface area contributed by atoms with Gasteiger partial charge in [-0.05, 0) is 44.1 Å². The number of likely N-dealkylation sites (N-methyl/N-ethyl adjacent to an activating group) is 1. The van der Waals surface area contributed by atoms with Crippen LogP contribution in [0.5, 0.6) is 0 Å². The van der Waals surface area contributed by atoms with Gasteiger partial charge < -0.3 is 10.3 Å². The van der Waals surface area contributed by atoms with Gasteiger partial charge in [-0.25, -0.2) is 0 Å². The van der Waals surface area contributed by atoms with Gasteiger partial charge in [-0.3, -0.25) is 0 Å². The van der Waals surface area contributed by atoms with Crippen molar-refractivity contribution in [1.82, 2.24) is 10.3 Å². The van der Waals surface area contributed by atoms with E-state index < -0.39 is 0 Å². The molecule has 0 saturated heterocycles. The van der Waals surface area contributed by atoms with E-state index in [4.69, 9.17) is 0 Å². The van der Waals surface area contributed by atoms with Gasteiger partial charge in [-0.15, -0.1) is 0 Å². The molecule has 0 spiro atoms. The summed E-state index contributed by atoms with van der Waals surface area (Å²) < 4.78 is 0. The summed E-state index contributed by atoms with van der Waals surface area (Å²) >= 11 is 0. The highest BCUT2D eigenvalue weighted by Crippen LogP contribution is 2.19. The minimum Gasteiger partial charge on any atom is -0.361 e. The molecule has 0 saturated carbocycles. The fraction of sp³-hybridized carbons (Fsp3) is 0.333. The van der Waals surface area contributed by atoms with Crippen molar-refractivity contribution in [3.63, 3.8) is 0 Å². The lowest BCUT2D eigenvalue weighted by molar-refractivity contribution is 0.795. The predicted molar refractivity (Wildman–Crippen MR) is 60.7 cm³/mol. The van der Waals surface area contributed by atoms with Crippen LogP contribution in [0, 0.1) is 6.92 Å². The maximum absolute atomic E-state index is 3.31. The lowest BCUT2D eigenvalue weighted by Gasteiger charge is -1.98. The molecule has 0 aliphatic carbocycles. The molecule has 0 amide bonds. The minimum absolute atomic E-state index is 1.03. The number of aryl methyl sites for hydroxylation is 1. The highest BCUT2D eigenvalue weighted by atomic mass is 14.8. The van der Waals surface area contributed by atoms with Crippen LogP contribution in [0.1, 0.15) is 11.1 Å². The second kappa shape index (κ2) is 3.84. The molecule has 0 aliphatic rings. The van der Waals surface area contributed by atoms with Crippen LogP contribution >= 0.6 is 0 Å². The van der Waals surface area contributed by atoms with Crippen LogP contribution in [-0.2, 0) is 6.42 Å². The summed E-state index contributed by atoms with van der Waals surface area (Å²) in [5.74, 6) is 0. The molecule has 1 aromatic carbocycles. The molecular formula is C12H16N2. The van der Waals surface area contributed by atoms with Crippen LogP contribution in [0.3, 0.4) is 0 Å². The average molecular weight is 188 g/mol. The first-order valence-corrected chi connectivity index (χ1v) is 5.02. The molecule has 2 heteroatoms. The monoisotopic (exact) mass is 188 g/mol. The first-order valence-electron chi connectivity index (χ1n) is 5.02. The summed E-state index contributed by atoms with van der Waals surface area (Å²) in [6, 6.07) is 6.56. The summed E-state index contributed by atoms with van der Waals surface area (Å²) in [7, 11) is 1.99. The van der Waals surface area contributed by atoms with E-state index in [0.29, 0.717) is 0 Å². The molecule has 2 rings (SSSR count). The minimum atomic E-state index is 1.03. The fourth-order valence-electron chi connectivity index (χ4n) is 1.77. The Morgan fingerprint density at radius 1 is 1.36 bits per heavy atom. The topological polar surface area (TPSA) is 27.8 Å². The Bertz CT molecular complexity index is 429. The van der Waals surface area contributed by atoms with Crippen LogP contribution in [0.2, 0.25) is 0 Å². The molecule has 14 heavy (non-hydrogen) atoms. The van der Waals surface area contributed by atoms with Gasteiger partial charge in [0.2, 0.25) is 0 Å². The Morgan fingerprint density at radius 2 is 2.21 bits per heavy atom. The Balaban J connectivity index is 2.37.